The Bertz CT molecular complexity index is 432. The van der Waals surface area contributed by atoms with Gasteiger partial charge in [-0.2, -0.15) is 0 Å². The van der Waals surface area contributed by atoms with Crippen LogP contribution in [-0.4, -0.2) is 17.9 Å². The first kappa shape index (κ1) is 17.4. The number of amides is 2. The average Bonchev–Trinajstić information content (AvgIpc) is 2.29. The number of rotatable bonds is 5. The maximum atomic E-state index is 11.7. The Kier molecular flexibility index (Phi) is 7.11. The van der Waals surface area contributed by atoms with E-state index in [-0.39, 0.29) is 36.6 Å². The number of primary amides is 1. The van der Waals surface area contributed by atoms with Gasteiger partial charge < -0.3 is 16.8 Å². The molecule has 0 saturated carbocycles. The van der Waals surface area contributed by atoms with Crippen molar-refractivity contribution in [3.05, 3.63) is 29.8 Å². The van der Waals surface area contributed by atoms with Crippen molar-refractivity contribution in [3.63, 3.8) is 0 Å². The molecule has 1 atom stereocenters. The highest BCUT2D eigenvalue weighted by Gasteiger charge is 2.16. The van der Waals surface area contributed by atoms with Crippen LogP contribution in [-0.2, 0) is 16.0 Å². The first-order chi connectivity index (χ1) is 8.40. The number of nitrogens with one attached hydrogen (secondary N) is 1. The predicted molar refractivity (Wildman–Crippen MR) is 78.0 cm³/mol. The molecule has 0 unspecified atom stereocenters. The van der Waals surface area contributed by atoms with Gasteiger partial charge in [-0.25, -0.2) is 0 Å². The molecule has 0 spiro atoms. The quantitative estimate of drug-likeness (QED) is 0.754. The Morgan fingerprint density at radius 3 is 2.16 bits per heavy atom. The minimum Gasteiger partial charge on any atom is -0.369 e. The van der Waals surface area contributed by atoms with E-state index in [1.54, 1.807) is 24.3 Å². The maximum absolute atomic E-state index is 11.7. The molecule has 1 aromatic rings. The molecule has 0 saturated heterocycles. The van der Waals surface area contributed by atoms with Crippen LogP contribution in [0.5, 0.6) is 0 Å². The molecule has 1 aromatic carbocycles. The lowest BCUT2D eigenvalue weighted by Crippen LogP contribution is -2.39. The highest BCUT2D eigenvalue weighted by molar-refractivity contribution is 5.94. The SMILES string of the molecule is CC(C)[C@H](N)C(=O)Nc1ccc(CC(N)=O)cc1.Cl. The summed E-state index contributed by atoms with van der Waals surface area (Å²) in [7, 11) is 0. The molecule has 2 amide bonds. The Morgan fingerprint density at radius 1 is 1.21 bits per heavy atom. The van der Waals surface area contributed by atoms with Crippen molar-refractivity contribution in [2.24, 2.45) is 17.4 Å². The number of hydrogen-bond donors (Lipinski definition) is 3. The highest BCUT2D eigenvalue weighted by atomic mass is 35.5. The Balaban J connectivity index is 0.00000324. The third-order valence-electron chi connectivity index (χ3n) is 2.62. The molecule has 0 bridgehead atoms. The number of carbonyl (C=O) groups is 2. The number of benzene rings is 1. The number of hydrogen-bond acceptors (Lipinski definition) is 3. The summed E-state index contributed by atoms with van der Waals surface area (Å²) in [6.45, 7) is 3.78. The van der Waals surface area contributed by atoms with Crippen LogP contribution in [0.2, 0.25) is 0 Å². The van der Waals surface area contributed by atoms with E-state index in [1.807, 2.05) is 13.8 Å². The zero-order valence-corrected chi connectivity index (χ0v) is 11.9. The van der Waals surface area contributed by atoms with Crippen LogP contribution in [0.15, 0.2) is 24.3 Å². The van der Waals surface area contributed by atoms with E-state index in [0.29, 0.717) is 5.69 Å². The highest BCUT2D eigenvalue weighted by Crippen LogP contribution is 2.11. The molecule has 0 aromatic heterocycles. The van der Waals surface area contributed by atoms with Crippen LogP contribution < -0.4 is 16.8 Å². The second-order valence-corrected chi connectivity index (χ2v) is 4.60. The van der Waals surface area contributed by atoms with E-state index < -0.39 is 6.04 Å². The van der Waals surface area contributed by atoms with Crippen molar-refractivity contribution >= 4 is 29.9 Å². The molecule has 106 valence electrons. The molecule has 19 heavy (non-hydrogen) atoms. The second kappa shape index (κ2) is 7.76. The van der Waals surface area contributed by atoms with Gasteiger partial charge in [0.1, 0.15) is 0 Å². The van der Waals surface area contributed by atoms with Gasteiger partial charge >= 0.3 is 0 Å². The van der Waals surface area contributed by atoms with E-state index in [4.69, 9.17) is 11.5 Å². The van der Waals surface area contributed by atoms with Gasteiger partial charge in [0.15, 0.2) is 0 Å². The van der Waals surface area contributed by atoms with Gasteiger partial charge in [0.25, 0.3) is 0 Å². The summed E-state index contributed by atoms with van der Waals surface area (Å²) in [6.07, 6.45) is 0.194. The average molecular weight is 286 g/mol. The summed E-state index contributed by atoms with van der Waals surface area (Å²) < 4.78 is 0. The Morgan fingerprint density at radius 2 is 1.74 bits per heavy atom. The molecular weight excluding hydrogens is 266 g/mol. The number of carbonyl (C=O) groups excluding carboxylic acids is 2. The van der Waals surface area contributed by atoms with Crippen molar-refractivity contribution in [1.29, 1.82) is 0 Å². The van der Waals surface area contributed by atoms with Crippen LogP contribution in [0.4, 0.5) is 5.69 Å². The van der Waals surface area contributed by atoms with Gasteiger partial charge in [0, 0.05) is 5.69 Å². The van der Waals surface area contributed by atoms with E-state index in [9.17, 15) is 9.59 Å². The largest absolute Gasteiger partial charge is 0.369 e. The van der Waals surface area contributed by atoms with Crippen molar-refractivity contribution in [2.45, 2.75) is 26.3 Å². The summed E-state index contributed by atoms with van der Waals surface area (Å²) in [4.78, 5) is 22.4. The first-order valence-corrected chi connectivity index (χ1v) is 5.84. The molecule has 0 aliphatic rings. The summed E-state index contributed by atoms with van der Waals surface area (Å²) >= 11 is 0. The lowest BCUT2D eigenvalue weighted by atomic mass is 10.0. The number of nitrogens with two attached hydrogens (primary N) is 2. The van der Waals surface area contributed by atoms with E-state index in [0.717, 1.165) is 5.56 Å². The first-order valence-electron chi connectivity index (χ1n) is 5.84. The van der Waals surface area contributed by atoms with Gasteiger partial charge in [0.2, 0.25) is 11.8 Å². The Labute approximate surface area is 119 Å². The van der Waals surface area contributed by atoms with Crippen LogP contribution in [0.3, 0.4) is 0 Å². The molecule has 0 aliphatic heterocycles. The smallest absolute Gasteiger partial charge is 0.241 e. The summed E-state index contributed by atoms with van der Waals surface area (Å²) in [5.74, 6) is -0.514. The molecule has 5 N–H and O–H groups in total. The third-order valence-corrected chi connectivity index (χ3v) is 2.62. The second-order valence-electron chi connectivity index (χ2n) is 4.60. The molecule has 5 nitrogen and oxygen atoms in total. The predicted octanol–water partition coefficient (Wildman–Crippen LogP) is 1.06. The zero-order valence-electron chi connectivity index (χ0n) is 11.1. The summed E-state index contributed by atoms with van der Waals surface area (Å²) in [5.41, 5.74) is 12.3. The molecule has 0 aliphatic carbocycles. The molecule has 6 heteroatoms. The third kappa shape index (κ3) is 5.72. The lowest BCUT2D eigenvalue weighted by Gasteiger charge is -2.15. The minimum absolute atomic E-state index is 0. The van der Waals surface area contributed by atoms with Gasteiger partial charge in [-0.05, 0) is 23.6 Å². The normalized spacial score (nSPS) is 11.6. The standard InChI is InChI=1S/C13H19N3O2.ClH/c1-8(2)12(15)13(18)16-10-5-3-9(4-6-10)7-11(14)17;/h3-6,8,12H,7,15H2,1-2H3,(H2,14,17)(H,16,18);1H/t12-;/m0./s1. The number of halogens is 1. The Hall–Kier alpha value is -1.59. The van der Waals surface area contributed by atoms with Gasteiger partial charge in [0.05, 0.1) is 12.5 Å². The maximum Gasteiger partial charge on any atom is 0.241 e. The van der Waals surface area contributed by atoms with Gasteiger partial charge in [-0.1, -0.05) is 26.0 Å². The minimum atomic E-state index is -0.532. The van der Waals surface area contributed by atoms with E-state index in [2.05, 4.69) is 5.32 Å². The fourth-order valence-electron chi connectivity index (χ4n) is 1.44. The van der Waals surface area contributed by atoms with Crippen molar-refractivity contribution in [1.82, 2.24) is 0 Å². The van der Waals surface area contributed by atoms with Crippen LogP contribution >= 0.6 is 12.4 Å². The fourth-order valence-corrected chi connectivity index (χ4v) is 1.44. The van der Waals surface area contributed by atoms with Crippen molar-refractivity contribution in [3.8, 4) is 0 Å². The van der Waals surface area contributed by atoms with Crippen LogP contribution in [0, 0.1) is 5.92 Å². The monoisotopic (exact) mass is 285 g/mol. The molecule has 1 rings (SSSR count). The van der Waals surface area contributed by atoms with E-state index >= 15 is 0 Å². The number of anilines is 1. The summed E-state index contributed by atoms with van der Waals surface area (Å²) in [6, 6.07) is 6.42. The topological polar surface area (TPSA) is 98.2 Å². The van der Waals surface area contributed by atoms with Crippen molar-refractivity contribution < 1.29 is 9.59 Å². The molecular formula is C13H20ClN3O2. The molecule has 0 radical (unpaired) electrons. The van der Waals surface area contributed by atoms with Crippen LogP contribution in [0.25, 0.3) is 0 Å². The van der Waals surface area contributed by atoms with Crippen molar-refractivity contribution in [2.75, 3.05) is 5.32 Å². The molecule has 0 heterocycles. The lowest BCUT2D eigenvalue weighted by molar-refractivity contribution is -0.118. The van der Waals surface area contributed by atoms with E-state index in [1.165, 1.54) is 0 Å². The molecule has 0 fully saturated rings. The summed E-state index contributed by atoms with van der Waals surface area (Å²) in [5, 5.41) is 2.72. The fraction of sp³-hybridized carbons (Fsp3) is 0.385. The van der Waals surface area contributed by atoms with Gasteiger partial charge in [-0.15, -0.1) is 12.4 Å². The zero-order chi connectivity index (χ0) is 13.7. The van der Waals surface area contributed by atoms with Crippen LogP contribution in [0.1, 0.15) is 19.4 Å². The van der Waals surface area contributed by atoms with Gasteiger partial charge in [-0.3, -0.25) is 9.59 Å².